The summed E-state index contributed by atoms with van der Waals surface area (Å²) in [4.78, 5) is 3.64. The molecule has 0 aliphatic carbocycles. The summed E-state index contributed by atoms with van der Waals surface area (Å²) in [6.07, 6.45) is 2.06. The zero-order valence-corrected chi connectivity index (χ0v) is 12.9. The SMILES string of the molecule is COCCCC(N)CN(C)Cc1cc(Br)cs1. The third-order valence-electron chi connectivity index (χ3n) is 2.52. The second-order valence-electron chi connectivity index (χ2n) is 4.32. The molecule has 0 saturated heterocycles. The molecule has 3 nitrogen and oxygen atoms in total. The van der Waals surface area contributed by atoms with Gasteiger partial charge in [0.25, 0.3) is 0 Å². The van der Waals surface area contributed by atoms with E-state index in [1.54, 1.807) is 18.4 Å². The van der Waals surface area contributed by atoms with Crippen LogP contribution in [0.5, 0.6) is 0 Å². The van der Waals surface area contributed by atoms with E-state index in [0.29, 0.717) is 0 Å². The Hall–Kier alpha value is 0.0600. The van der Waals surface area contributed by atoms with E-state index in [-0.39, 0.29) is 6.04 Å². The molecule has 1 heterocycles. The van der Waals surface area contributed by atoms with Crippen molar-refractivity contribution in [3.63, 3.8) is 0 Å². The molecule has 0 aliphatic heterocycles. The minimum atomic E-state index is 0.235. The first-order valence-electron chi connectivity index (χ1n) is 5.77. The molecule has 0 aromatic carbocycles. The quantitative estimate of drug-likeness (QED) is 0.748. The summed E-state index contributed by atoms with van der Waals surface area (Å²) in [5, 5.41) is 2.11. The first-order valence-corrected chi connectivity index (χ1v) is 7.45. The maximum Gasteiger partial charge on any atom is 0.0462 e. The second kappa shape index (κ2) is 8.21. The van der Waals surface area contributed by atoms with Gasteiger partial charge in [0.1, 0.15) is 0 Å². The van der Waals surface area contributed by atoms with Crippen LogP contribution in [0.3, 0.4) is 0 Å². The van der Waals surface area contributed by atoms with Crippen molar-refractivity contribution in [3.8, 4) is 0 Å². The average Bonchev–Trinajstić information content (AvgIpc) is 2.64. The van der Waals surface area contributed by atoms with Crippen LogP contribution in [0.2, 0.25) is 0 Å². The molecule has 0 fully saturated rings. The van der Waals surface area contributed by atoms with Crippen LogP contribution in [-0.4, -0.2) is 38.3 Å². The van der Waals surface area contributed by atoms with E-state index in [1.807, 2.05) is 0 Å². The van der Waals surface area contributed by atoms with E-state index in [2.05, 4.69) is 39.3 Å². The first-order chi connectivity index (χ1) is 8.11. The molecule has 1 unspecified atom stereocenters. The summed E-state index contributed by atoms with van der Waals surface area (Å²) in [6.45, 7) is 2.70. The second-order valence-corrected chi connectivity index (χ2v) is 6.23. The number of methoxy groups -OCH3 is 1. The molecule has 0 saturated carbocycles. The van der Waals surface area contributed by atoms with Crippen molar-refractivity contribution in [1.29, 1.82) is 0 Å². The molecular formula is C12H21BrN2OS. The standard InChI is InChI=1S/C12H21BrN2OS/c1-15(7-11(14)4-3-5-16-2)8-12-6-10(13)9-17-12/h6,9,11H,3-5,7-8,14H2,1-2H3. The number of hydrogen-bond acceptors (Lipinski definition) is 4. The lowest BCUT2D eigenvalue weighted by molar-refractivity contribution is 0.187. The van der Waals surface area contributed by atoms with Gasteiger partial charge >= 0.3 is 0 Å². The zero-order chi connectivity index (χ0) is 12.7. The molecule has 2 N–H and O–H groups in total. The van der Waals surface area contributed by atoms with Crippen LogP contribution >= 0.6 is 27.3 Å². The lowest BCUT2D eigenvalue weighted by Gasteiger charge is -2.20. The van der Waals surface area contributed by atoms with E-state index in [0.717, 1.165) is 37.0 Å². The molecular weight excluding hydrogens is 300 g/mol. The Balaban J connectivity index is 2.21. The van der Waals surface area contributed by atoms with Gasteiger partial charge < -0.3 is 10.5 Å². The summed E-state index contributed by atoms with van der Waals surface area (Å²) >= 11 is 5.25. The fraction of sp³-hybridized carbons (Fsp3) is 0.667. The van der Waals surface area contributed by atoms with Crippen molar-refractivity contribution in [2.45, 2.75) is 25.4 Å². The highest BCUT2D eigenvalue weighted by Crippen LogP contribution is 2.20. The summed E-state index contributed by atoms with van der Waals surface area (Å²) in [5.41, 5.74) is 6.07. The minimum absolute atomic E-state index is 0.235. The number of ether oxygens (including phenoxy) is 1. The number of halogens is 1. The third-order valence-corrected chi connectivity index (χ3v) is 4.20. The molecule has 98 valence electrons. The summed E-state index contributed by atoms with van der Waals surface area (Å²) in [7, 11) is 3.84. The van der Waals surface area contributed by atoms with Crippen molar-refractivity contribution in [2.24, 2.45) is 5.73 Å². The Bertz CT molecular complexity index is 319. The molecule has 0 radical (unpaired) electrons. The van der Waals surface area contributed by atoms with Crippen LogP contribution in [0.4, 0.5) is 0 Å². The highest BCUT2D eigenvalue weighted by Gasteiger charge is 2.08. The van der Waals surface area contributed by atoms with Crippen LogP contribution in [0.25, 0.3) is 0 Å². The predicted octanol–water partition coefficient (Wildman–Crippen LogP) is 2.70. The van der Waals surface area contributed by atoms with Crippen LogP contribution < -0.4 is 5.73 Å². The number of likely N-dealkylation sites (N-methyl/N-ethyl adjacent to an activating group) is 1. The highest BCUT2D eigenvalue weighted by atomic mass is 79.9. The van der Waals surface area contributed by atoms with Gasteiger partial charge in [0.05, 0.1) is 0 Å². The van der Waals surface area contributed by atoms with Gasteiger partial charge in [-0.1, -0.05) is 0 Å². The van der Waals surface area contributed by atoms with Gasteiger partial charge in [-0.05, 0) is 41.9 Å². The van der Waals surface area contributed by atoms with Gasteiger partial charge in [-0.2, -0.15) is 0 Å². The van der Waals surface area contributed by atoms with E-state index in [9.17, 15) is 0 Å². The summed E-state index contributed by atoms with van der Waals surface area (Å²) in [5.74, 6) is 0. The largest absolute Gasteiger partial charge is 0.385 e. The number of thiophene rings is 1. The number of rotatable bonds is 8. The fourth-order valence-electron chi connectivity index (χ4n) is 1.75. The Kier molecular flexibility index (Phi) is 7.30. The van der Waals surface area contributed by atoms with Crippen molar-refractivity contribution >= 4 is 27.3 Å². The predicted molar refractivity (Wildman–Crippen MR) is 77.4 cm³/mol. The zero-order valence-electron chi connectivity index (χ0n) is 10.5. The molecule has 0 amide bonds. The van der Waals surface area contributed by atoms with Crippen LogP contribution in [0.1, 0.15) is 17.7 Å². The van der Waals surface area contributed by atoms with E-state index in [4.69, 9.17) is 10.5 Å². The molecule has 1 aromatic heterocycles. The molecule has 1 aromatic rings. The van der Waals surface area contributed by atoms with Gasteiger partial charge in [-0.3, -0.25) is 4.90 Å². The Labute approximate surface area is 116 Å². The molecule has 5 heteroatoms. The highest BCUT2D eigenvalue weighted by molar-refractivity contribution is 9.10. The maximum absolute atomic E-state index is 6.07. The van der Waals surface area contributed by atoms with Gasteiger partial charge in [0.15, 0.2) is 0 Å². The van der Waals surface area contributed by atoms with Crippen molar-refractivity contribution in [2.75, 3.05) is 27.3 Å². The number of nitrogens with two attached hydrogens (primary N) is 1. The molecule has 1 rings (SSSR count). The molecule has 1 atom stereocenters. The normalized spacial score (nSPS) is 13.2. The molecule has 17 heavy (non-hydrogen) atoms. The van der Waals surface area contributed by atoms with E-state index in [1.165, 1.54) is 4.88 Å². The lowest BCUT2D eigenvalue weighted by Crippen LogP contribution is -2.34. The first kappa shape index (κ1) is 15.1. The van der Waals surface area contributed by atoms with Gasteiger partial charge in [0.2, 0.25) is 0 Å². The van der Waals surface area contributed by atoms with E-state index >= 15 is 0 Å². The fourth-order valence-corrected chi connectivity index (χ4v) is 3.28. The third kappa shape index (κ3) is 6.52. The monoisotopic (exact) mass is 320 g/mol. The molecule has 0 bridgehead atoms. The Morgan fingerprint density at radius 2 is 2.35 bits per heavy atom. The van der Waals surface area contributed by atoms with Crippen molar-refractivity contribution < 1.29 is 4.74 Å². The van der Waals surface area contributed by atoms with Gasteiger partial charge in [-0.15, -0.1) is 11.3 Å². The topological polar surface area (TPSA) is 38.5 Å². The van der Waals surface area contributed by atoms with Crippen molar-refractivity contribution in [3.05, 3.63) is 20.8 Å². The van der Waals surface area contributed by atoms with E-state index < -0.39 is 0 Å². The Morgan fingerprint density at radius 1 is 1.59 bits per heavy atom. The summed E-state index contributed by atoms with van der Waals surface area (Å²) < 4.78 is 6.19. The lowest BCUT2D eigenvalue weighted by atomic mass is 10.1. The number of hydrogen-bond donors (Lipinski definition) is 1. The van der Waals surface area contributed by atoms with Gasteiger partial charge in [0, 0.05) is 47.6 Å². The molecule has 0 spiro atoms. The number of nitrogens with zero attached hydrogens (tertiary/aromatic N) is 1. The minimum Gasteiger partial charge on any atom is -0.385 e. The smallest absolute Gasteiger partial charge is 0.0462 e. The van der Waals surface area contributed by atoms with Gasteiger partial charge in [-0.25, -0.2) is 0 Å². The van der Waals surface area contributed by atoms with Crippen LogP contribution in [0, 0.1) is 0 Å². The average molecular weight is 321 g/mol. The maximum atomic E-state index is 6.07. The van der Waals surface area contributed by atoms with Crippen molar-refractivity contribution in [1.82, 2.24) is 4.90 Å². The van der Waals surface area contributed by atoms with Crippen LogP contribution in [0.15, 0.2) is 15.9 Å². The summed E-state index contributed by atoms with van der Waals surface area (Å²) in [6, 6.07) is 2.40. The Morgan fingerprint density at radius 3 is 2.94 bits per heavy atom. The molecule has 0 aliphatic rings. The van der Waals surface area contributed by atoms with Crippen LogP contribution in [-0.2, 0) is 11.3 Å².